The molecule has 3 rings (SSSR count). The molecule has 0 saturated carbocycles. The maximum atomic E-state index is 5.97. The van der Waals surface area contributed by atoms with Crippen LogP contribution in [0.1, 0.15) is 0 Å². The van der Waals surface area contributed by atoms with Gasteiger partial charge in [0.2, 0.25) is 0 Å². The summed E-state index contributed by atoms with van der Waals surface area (Å²) in [6.45, 7) is 0. The molecule has 0 bridgehead atoms. The van der Waals surface area contributed by atoms with Crippen LogP contribution in [0.5, 0.6) is 0 Å². The van der Waals surface area contributed by atoms with Gasteiger partial charge in [0.05, 0.1) is 15.6 Å². The van der Waals surface area contributed by atoms with Crippen molar-refractivity contribution in [3.63, 3.8) is 0 Å². The Kier molecular flexibility index (Phi) is 2.50. The number of hydrogen-bond acceptors (Lipinski definition) is 2. The van der Waals surface area contributed by atoms with Crippen molar-refractivity contribution in [2.45, 2.75) is 0 Å². The van der Waals surface area contributed by atoms with E-state index in [1.165, 1.54) is 0 Å². The maximum absolute atomic E-state index is 5.97. The second-order valence-corrected chi connectivity index (χ2v) is 4.40. The first-order valence-electron chi connectivity index (χ1n) is 5.00. The van der Waals surface area contributed by atoms with Crippen LogP contribution in [-0.2, 0) is 0 Å². The third-order valence-corrected chi connectivity index (χ3v) is 3.19. The lowest BCUT2D eigenvalue weighted by Crippen LogP contribution is -1.80. The highest BCUT2D eigenvalue weighted by Crippen LogP contribution is 2.27. The van der Waals surface area contributed by atoms with Crippen LogP contribution in [0.3, 0.4) is 0 Å². The molecule has 0 radical (unpaired) electrons. The Labute approximate surface area is 107 Å². The quantitative estimate of drug-likeness (QED) is 0.723. The molecule has 0 amide bonds. The van der Waals surface area contributed by atoms with Crippen LogP contribution in [0.15, 0.2) is 36.5 Å². The van der Waals surface area contributed by atoms with Gasteiger partial charge in [-0.05, 0) is 30.3 Å². The van der Waals surface area contributed by atoms with Crippen LogP contribution in [0.25, 0.3) is 22.6 Å². The predicted molar refractivity (Wildman–Crippen MR) is 69.3 cm³/mol. The predicted octanol–water partition coefficient (Wildman–Crippen LogP) is 3.93. The zero-order valence-corrected chi connectivity index (χ0v) is 10.1. The molecule has 0 saturated heterocycles. The highest BCUT2D eigenvalue weighted by molar-refractivity contribution is 6.42. The number of imidazole rings is 1. The van der Waals surface area contributed by atoms with Gasteiger partial charge in [-0.2, -0.15) is 0 Å². The lowest BCUT2D eigenvalue weighted by molar-refractivity contribution is 1.30. The Morgan fingerprint density at radius 1 is 1.06 bits per heavy atom. The molecule has 0 unspecified atom stereocenters. The van der Waals surface area contributed by atoms with E-state index in [0.717, 1.165) is 16.9 Å². The number of benzene rings is 1. The van der Waals surface area contributed by atoms with E-state index in [2.05, 4.69) is 15.0 Å². The zero-order valence-electron chi connectivity index (χ0n) is 8.61. The monoisotopic (exact) mass is 263 g/mol. The number of aromatic nitrogens is 3. The molecule has 3 aromatic rings. The van der Waals surface area contributed by atoms with E-state index in [1.54, 1.807) is 18.3 Å². The van der Waals surface area contributed by atoms with Crippen LogP contribution in [0.2, 0.25) is 10.0 Å². The molecule has 2 aromatic heterocycles. The summed E-state index contributed by atoms with van der Waals surface area (Å²) in [5.41, 5.74) is 2.47. The van der Waals surface area contributed by atoms with Gasteiger partial charge in [0.1, 0.15) is 5.82 Å². The fourth-order valence-electron chi connectivity index (χ4n) is 1.63. The number of rotatable bonds is 1. The van der Waals surface area contributed by atoms with Crippen molar-refractivity contribution in [1.29, 1.82) is 0 Å². The van der Waals surface area contributed by atoms with E-state index in [4.69, 9.17) is 23.2 Å². The molecule has 17 heavy (non-hydrogen) atoms. The van der Waals surface area contributed by atoms with Gasteiger partial charge in [0, 0.05) is 11.8 Å². The first-order valence-corrected chi connectivity index (χ1v) is 5.76. The average Bonchev–Trinajstić information content (AvgIpc) is 2.76. The Balaban J connectivity index is 2.17. The Bertz CT molecular complexity index is 658. The Hall–Kier alpha value is -1.58. The minimum atomic E-state index is 0.512. The first-order chi connectivity index (χ1) is 8.24. The van der Waals surface area contributed by atoms with Gasteiger partial charge in [0.15, 0.2) is 5.65 Å². The van der Waals surface area contributed by atoms with Crippen molar-refractivity contribution in [3.05, 3.63) is 46.6 Å². The van der Waals surface area contributed by atoms with E-state index in [0.29, 0.717) is 15.7 Å². The summed E-state index contributed by atoms with van der Waals surface area (Å²) in [7, 11) is 0. The molecule has 3 nitrogen and oxygen atoms in total. The summed E-state index contributed by atoms with van der Waals surface area (Å²) in [6.07, 6.45) is 1.71. The van der Waals surface area contributed by atoms with Gasteiger partial charge in [-0.3, -0.25) is 0 Å². The molecule has 1 N–H and O–H groups in total. The maximum Gasteiger partial charge on any atom is 0.178 e. The van der Waals surface area contributed by atoms with Gasteiger partial charge in [-0.15, -0.1) is 0 Å². The lowest BCUT2D eigenvalue weighted by Gasteiger charge is -1.98. The number of halogens is 2. The summed E-state index contributed by atoms with van der Waals surface area (Å²) in [4.78, 5) is 11.7. The first kappa shape index (κ1) is 10.6. The third-order valence-electron chi connectivity index (χ3n) is 2.45. The van der Waals surface area contributed by atoms with Gasteiger partial charge < -0.3 is 4.98 Å². The summed E-state index contributed by atoms with van der Waals surface area (Å²) in [6, 6.07) is 9.18. The SMILES string of the molecule is Clc1ccc(-c2nc3ncccc3[nH]2)cc1Cl. The van der Waals surface area contributed by atoms with E-state index < -0.39 is 0 Å². The Morgan fingerprint density at radius 3 is 2.71 bits per heavy atom. The molecule has 0 aliphatic heterocycles. The van der Waals surface area contributed by atoms with Crippen molar-refractivity contribution in [1.82, 2.24) is 15.0 Å². The second kappa shape index (κ2) is 4.02. The summed E-state index contributed by atoms with van der Waals surface area (Å²) < 4.78 is 0. The number of hydrogen-bond donors (Lipinski definition) is 1. The van der Waals surface area contributed by atoms with Crippen molar-refractivity contribution in [2.24, 2.45) is 0 Å². The normalized spacial score (nSPS) is 10.9. The minimum absolute atomic E-state index is 0.512. The fraction of sp³-hybridized carbons (Fsp3) is 0. The van der Waals surface area contributed by atoms with Crippen molar-refractivity contribution >= 4 is 34.4 Å². The largest absolute Gasteiger partial charge is 0.337 e. The molecule has 0 aliphatic rings. The fourth-order valence-corrected chi connectivity index (χ4v) is 1.92. The standard InChI is InChI=1S/C12H7Cl2N3/c13-8-4-3-7(6-9(8)14)11-16-10-2-1-5-15-12(10)17-11/h1-6H,(H,15,16,17). The molecule has 0 fully saturated rings. The number of H-pyrrole nitrogens is 1. The van der Waals surface area contributed by atoms with Crippen molar-refractivity contribution in [3.8, 4) is 11.4 Å². The van der Waals surface area contributed by atoms with Crippen LogP contribution < -0.4 is 0 Å². The number of pyridine rings is 1. The van der Waals surface area contributed by atoms with Crippen LogP contribution in [0.4, 0.5) is 0 Å². The molecule has 5 heteroatoms. The van der Waals surface area contributed by atoms with Crippen LogP contribution in [-0.4, -0.2) is 15.0 Å². The average molecular weight is 264 g/mol. The second-order valence-electron chi connectivity index (χ2n) is 3.59. The van der Waals surface area contributed by atoms with Gasteiger partial charge in [-0.1, -0.05) is 23.2 Å². The molecular weight excluding hydrogens is 257 g/mol. The van der Waals surface area contributed by atoms with Gasteiger partial charge in [0.25, 0.3) is 0 Å². The van der Waals surface area contributed by atoms with E-state index in [1.807, 2.05) is 18.2 Å². The minimum Gasteiger partial charge on any atom is -0.337 e. The Morgan fingerprint density at radius 2 is 1.94 bits per heavy atom. The molecule has 2 heterocycles. The summed E-state index contributed by atoms with van der Waals surface area (Å²) >= 11 is 11.8. The van der Waals surface area contributed by atoms with E-state index >= 15 is 0 Å². The molecular formula is C12H7Cl2N3. The van der Waals surface area contributed by atoms with Gasteiger partial charge >= 0.3 is 0 Å². The number of nitrogens with one attached hydrogen (secondary N) is 1. The third kappa shape index (κ3) is 1.88. The zero-order chi connectivity index (χ0) is 11.8. The lowest BCUT2D eigenvalue weighted by atomic mass is 10.2. The molecule has 1 aromatic carbocycles. The van der Waals surface area contributed by atoms with Crippen molar-refractivity contribution < 1.29 is 0 Å². The topological polar surface area (TPSA) is 41.6 Å². The number of aromatic amines is 1. The van der Waals surface area contributed by atoms with Gasteiger partial charge in [-0.25, -0.2) is 9.97 Å². The van der Waals surface area contributed by atoms with Crippen LogP contribution in [0, 0.1) is 0 Å². The van der Waals surface area contributed by atoms with Crippen LogP contribution >= 0.6 is 23.2 Å². The molecule has 0 atom stereocenters. The number of fused-ring (bicyclic) bond motifs is 1. The highest BCUT2D eigenvalue weighted by atomic mass is 35.5. The molecule has 84 valence electrons. The summed E-state index contributed by atoms with van der Waals surface area (Å²) in [5.74, 6) is 0.734. The van der Waals surface area contributed by atoms with E-state index in [9.17, 15) is 0 Å². The molecule has 0 aliphatic carbocycles. The van der Waals surface area contributed by atoms with E-state index in [-0.39, 0.29) is 0 Å². The highest BCUT2D eigenvalue weighted by Gasteiger charge is 2.07. The smallest absolute Gasteiger partial charge is 0.178 e. The number of nitrogens with zero attached hydrogens (tertiary/aromatic N) is 2. The summed E-state index contributed by atoms with van der Waals surface area (Å²) in [5, 5.41) is 1.04. The molecule has 0 spiro atoms. The van der Waals surface area contributed by atoms with Crippen molar-refractivity contribution in [2.75, 3.05) is 0 Å².